The van der Waals surface area contributed by atoms with Crippen molar-refractivity contribution in [1.29, 1.82) is 0 Å². The van der Waals surface area contributed by atoms with Crippen molar-refractivity contribution in [2.75, 3.05) is 6.54 Å². The Morgan fingerprint density at radius 3 is 2.72 bits per heavy atom. The first-order chi connectivity index (χ1) is 8.89. The molecule has 0 aliphatic heterocycles. The lowest BCUT2D eigenvalue weighted by Crippen LogP contribution is -2.66. The van der Waals surface area contributed by atoms with E-state index in [1.807, 2.05) is 0 Å². The highest BCUT2D eigenvalue weighted by Crippen LogP contribution is 3.00. The number of rotatable bonds is 6. The Morgan fingerprint density at radius 1 is 0.944 bits per heavy atom. The van der Waals surface area contributed by atoms with E-state index in [1.54, 1.807) is 19.3 Å². The van der Waals surface area contributed by atoms with Crippen molar-refractivity contribution >= 4 is 0 Å². The number of nitrogens with zero attached hydrogens (tertiary/aromatic N) is 1. The van der Waals surface area contributed by atoms with E-state index in [2.05, 4.69) is 5.18 Å². The minimum Gasteiger partial charge on any atom is -0.151 e. The van der Waals surface area contributed by atoms with Gasteiger partial charge >= 0.3 is 0 Å². The van der Waals surface area contributed by atoms with Gasteiger partial charge in [0.25, 0.3) is 0 Å². The van der Waals surface area contributed by atoms with Crippen molar-refractivity contribution in [2.45, 2.75) is 44.9 Å². The largest absolute Gasteiger partial charge is 0.151 e. The van der Waals surface area contributed by atoms with Gasteiger partial charge in [-0.15, -0.1) is 0 Å². The molecule has 0 N–H and O–H groups in total. The quantitative estimate of drug-likeness (QED) is 0.516. The Kier molecular flexibility index (Phi) is 1.84. The Morgan fingerprint density at radius 2 is 1.83 bits per heavy atom. The van der Waals surface area contributed by atoms with Gasteiger partial charge in [-0.25, -0.2) is 0 Å². The van der Waals surface area contributed by atoms with E-state index in [1.165, 1.54) is 54.8 Å². The lowest BCUT2D eigenvalue weighted by molar-refractivity contribution is -0.231. The van der Waals surface area contributed by atoms with Gasteiger partial charge in [-0.3, -0.25) is 0 Å². The molecule has 0 heterocycles. The summed E-state index contributed by atoms with van der Waals surface area (Å²) in [6.07, 6.45) is 9.79. The van der Waals surface area contributed by atoms with Crippen molar-refractivity contribution in [3.8, 4) is 0 Å². The van der Waals surface area contributed by atoms with Crippen LogP contribution in [-0.2, 0) is 0 Å². The summed E-state index contributed by atoms with van der Waals surface area (Å²) in [6, 6.07) is 0. The van der Waals surface area contributed by atoms with Crippen LogP contribution in [0.25, 0.3) is 0 Å². The van der Waals surface area contributed by atoms with Crippen molar-refractivity contribution in [1.82, 2.24) is 0 Å². The molecule has 5 fully saturated rings. The molecule has 0 aromatic rings. The molecule has 0 amide bonds. The van der Waals surface area contributed by atoms with Gasteiger partial charge < -0.3 is 0 Å². The van der Waals surface area contributed by atoms with Crippen LogP contribution in [0.3, 0.4) is 0 Å². The molecule has 8 unspecified atom stereocenters. The third kappa shape index (κ3) is 0.905. The second-order valence-corrected chi connectivity index (χ2v) is 7.87. The van der Waals surface area contributed by atoms with E-state index >= 15 is 0 Å². The zero-order valence-corrected chi connectivity index (χ0v) is 11.1. The summed E-state index contributed by atoms with van der Waals surface area (Å²) in [5.74, 6) is 8.27. The van der Waals surface area contributed by atoms with Gasteiger partial charge in [0.2, 0.25) is 0 Å². The van der Waals surface area contributed by atoms with Gasteiger partial charge in [0.15, 0.2) is 0 Å². The van der Waals surface area contributed by atoms with Crippen LogP contribution >= 0.6 is 0 Å². The van der Waals surface area contributed by atoms with Crippen molar-refractivity contribution in [3.05, 3.63) is 4.91 Å². The fraction of sp³-hybridized carbons (Fsp3) is 1.00. The van der Waals surface area contributed by atoms with Crippen molar-refractivity contribution < 1.29 is 0 Å². The normalized spacial score (nSPS) is 60.6. The van der Waals surface area contributed by atoms with Gasteiger partial charge in [0.1, 0.15) is 0 Å². The van der Waals surface area contributed by atoms with E-state index in [0.717, 1.165) is 17.8 Å². The summed E-state index contributed by atoms with van der Waals surface area (Å²) in [5.41, 5.74) is 1.01. The average Bonchev–Trinajstić information content (AvgIpc) is 2.92. The molecule has 0 radical (unpaired) electrons. The highest BCUT2D eigenvalue weighted by atomic mass is 16.3. The molecule has 0 aromatic carbocycles. The molecule has 5 saturated carbocycles. The zero-order chi connectivity index (χ0) is 11.9. The van der Waals surface area contributed by atoms with Crippen LogP contribution in [0.2, 0.25) is 0 Å². The second-order valence-electron chi connectivity index (χ2n) is 7.87. The van der Waals surface area contributed by atoms with Crippen molar-refractivity contribution in [2.24, 2.45) is 52.0 Å². The molecule has 8 atom stereocenters. The minimum absolute atomic E-state index is 0.534. The van der Waals surface area contributed by atoms with Gasteiger partial charge in [-0.1, -0.05) is 24.4 Å². The maximum absolute atomic E-state index is 10.0. The number of fused-ring (bicyclic) bond motifs is 3. The summed E-state index contributed by atoms with van der Waals surface area (Å²) < 4.78 is 0. The Labute approximate surface area is 109 Å². The van der Waals surface area contributed by atoms with E-state index in [4.69, 9.17) is 0 Å². The molecule has 1 spiro atoms. The van der Waals surface area contributed by atoms with Gasteiger partial charge in [-0.2, -0.15) is 4.91 Å². The molecule has 2 nitrogen and oxygen atoms in total. The van der Waals surface area contributed by atoms with Crippen LogP contribution in [0, 0.1) is 51.7 Å². The van der Waals surface area contributed by atoms with E-state index in [0.29, 0.717) is 6.54 Å². The highest BCUT2D eigenvalue weighted by Gasteiger charge is 2.95. The summed E-state index contributed by atoms with van der Waals surface area (Å²) in [5, 5.41) is 2.95. The number of hydrogen-bond acceptors (Lipinski definition) is 2. The second kappa shape index (κ2) is 3.19. The Bertz CT molecular complexity index is 390. The minimum atomic E-state index is 0.534. The van der Waals surface area contributed by atoms with E-state index in [-0.39, 0.29) is 0 Å². The third-order valence-corrected chi connectivity index (χ3v) is 7.74. The number of hydrogen-bond donors (Lipinski definition) is 0. The van der Waals surface area contributed by atoms with Gasteiger partial charge in [-0.05, 0) is 72.5 Å². The summed E-state index contributed by atoms with van der Waals surface area (Å²) in [4.78, 5) is 10.0. The average molecular weight is 245 g/mol. The molecule has 0 bridgehead atoms. The molecule has 5 aliphatic carbocycles. The number of nitroso groups, excluding NO2 is 1. The predicted molar refractivity (Wildman–Crippen MR) is 69.8 cm³/mol. The van der Waals surface area contributed by atoms with Crippen molar-refractivity contribution in [3.63, 3.8) is 0 Å². The van der Waals surface area contributed by atoms with Crippen LogP contribution in [-0.4, -0.2) is 6.54 Å². The topological polar surface area (TPSA) is 29.4 Å². The maximum atomic E-state index is 10.0. The molecule has 5 aliphatic rings. The molecular weight excluding hydrogens is 222 g/mol. The monoisotopic (exact) mass is 245 g/mol. The molecule has 5 rings (SSSR count). The summed E-state index contributed by atoms with van der Waals surface area (Å²) in [6.45, 7) is 0.534. The van der Waals surface area contributed by atoms with Crippen LogP contribution in [0.1, 0.15) is 44.9 Å². The Balaban J connectivity index is 1.16. The van der Waals surface area contributed by atoms with Crippen LogP contribution in [0.5, 0.6) is 0 Å². The summed E-state index contributed by atoms with van der Waals surface area (Å²) in [7, 11) is 0. The van der Waals surface area contributed by atoms with Gasteiger partial charge in [0, 0.05) is 0 Å². The zero-order valence-electron chi connectivity index (χ0n) is 11.1. The molecule has 98 valence electrons. The lowest BCUT2D eigenvalue weighted by Gasteiger charge is -2.70. The first-order valence-electron chi connectivity index (χ1n) is 8.18. The van der Waals surface area contributed by atoms with Gasteiger partial charge in [0.05, 0.1) is 6.54 Å². The fourth-order valence-electron chi connectivity index (χ4n) is 7.44. The standard InChI is InChI=1S/C16H23NO/c18-17-5-3-1-2-4-9-6-10-12-8-13-15-11(7-9)14(10)16(12,13)15/h9-15H,1-8H2. The lowest BCUT2D eigenvalue weighted by atomic mass is 9.34. The molecule has 18 heavy (non-hydrogen) atoms. The smallest absolute Gasteiger partial charge is 0.0811 e. The molecule has 0 aromatic heterocycles. The van der Waals surface area contributed by atoms with Crippen LogP contribution in [0.15, 0.2) is 5.18 Å². The fourth-order valence-corrected chi connectivity index (χ4v) is 7.44. The van der Waals surface area contributed by atoms with Crippen LogP contribution in [0.4, 0.5) is 0 Å². The SMILES string of the molecule is O=NCCCCCC1CC2C3CC4C5C(C1)C2C345. The van der Waals surface area contributed by atoms with E-state index in [9.17, 15) is 4.91 Å². The molecule has 0 saturated heterocycles. The molecular formula is C16H23NO. The van der Waals surface area contributed by atoms with Crippen LogP contribution < -0.4 is 0 Å². The highest BCUT2D eigenvalue weighted by molar-refractivity contribution is 5.42. The maximum Gasteiger partial charge on any atom is 0.0811 e. The first-order valence-corrected chi connectivity index (χ1v) is 8.18. The van der Waals surface area contributed by atoms with E-state index < -0.39 is 0 Å². The third-order valence-electron chi connectivity index (χ3n) is 7.74. The predicted octanol–water partition coefficient (Wildman–Crippen LogP) is 3.85. The summed E-state index contributed by atoms with van der Waals surface area (Å²) >= 11 is 0. The Hall–Kier alpha value is -0.400. The first kappa shape index (κ1) is 10.4. The molecule has 2 heteroatoms. The number of unbranched alkanes of at least 4 members (excludes halogenated alkanes) is 2.